The van der Waals surface area contributed by atoms with E-state index in [0.717, 1.165) is 29.8 Å². The Labute approximate surface area is 166 Å². The fourth-order valence-electron chi connectivity index (χ4n) is 4.55. The van der Waals surface area contributed by atoms with Gasteiger partial charge in [-0.2, -0.15) is 0 Å². The van der Waals surface area contributed by atoms with Crippen LogP contribution >= 0.6 is 0 Å². The largest absolute Gasteiger partial charge is 0.493 e. The minimum Gasteiger partial charge on any atom is -0.493 e. The van der Waals surface area contributed by atoms with Crippen molar-refractivity contribution in [1.82, 2.24) is 4.90 Å². The van der Waals surface area contributed by atoms with Crippen LogP contribution in [0.15, 0.2) is 24.3 Å². The molecule has 0 radical (unpaired) electrons. The van der Waals surface area contributed by atoms with Crippen molar-refractivity contribution in [3.63, 3.8) is 0 Å². The van der Waals surface area contributed by atoms with E-state index in [1.54, 1.807) is 21.1 Å². The van der Waals surface area contributed by atoms with Crippen LogP contribution in [0, 0.1) is 13.8 Å². The van der Waals surface area contributed by atoms with E-state index >= 15 is 0 Å². The van der Waals surface area contributed by atoms with Crippen molar-refractivity contribution in [2.75, 3.05) is 20.8 Å². The maximum absolute atomic E-state index is 12.2. The summed E-state index contributed by atoms with van der Waals surface area (Å²) in [5, 5.41) is 0. The number of aryl methyl sites for hydroxylation is 2. The molecule has 146 valence electrons. The molecule has 2 aromatic rings. The van der Waals surface area contributed by atoms with Crippen LogP contribution in [-0.2, 0) is 11.2 Å². The van der Waals surface area contributed by atoms with Gasteiger partial charge >= 0.3 is 0 Å². The monoisotopic (exact) mass is 377 g/mol. The Kier molecular flexibility index (Phi) is 4.66. The van der Waals surface area contributed by atoms with E-state index in [1.165, 1.54) is 28.0 Å². The minimum absolute atomic E-state index is 0.0488. The molecule has 0 bridgehead atoms. The molecule has 0 saturated heterocycles. The fourth-order valence-corrected chi connectivity index (χ4v) is 4.55. The number of ketones is 1. The van der Waals surface area contributed by atoms with Crippen LogP contribution < -0.4 is 9.47 Å². The molecule has 0 spiro atoms. The lowest BCUT2D eigenvalue weighted by atomic mass is 9.83. The summed E-state index contributed by atoms with van der Waals surface area (Å²) in [7, 11) is 3.32. The van der Waals surface area contributed by atoms with Gasteiger partial charge in [0.05, 0.1) is 20.3 Å². The lowest BCUT2D eigenvalue weighted by molar-refractivity contribution is -0.118. The number of methoxy groups -OCH3 is 2. The molecule has 1 unspecified atom stereocenters. The van der Waals surface area contributed by atoms with Crippen LogP contribution in [0.25, 0.3) is 11.8 Å². The number of hydrogen-bond donors (Lipinski definition) is 0. The zero-order chi connectivity index (χ0) is 20.0. The van der Waals surface area contributed by atoms with Gasteiger partial charge in [0.1, 0.15) is 5.78 Å². The number of fused-ring (bicyclic) bond motifs is 4. The normalized spacial score (nSPS) is 17.2. The Morgan fingerprint density at radius 3 is 2.57 bits per heavy atom. The van der Waals surface area contributed by atoms with Gasteiger partial charge in [0, 0.05) is 29.8 Å². The highest BCUT2D eigenvalue weighted by atomic mass is 16.5. The van der Waals surface area contributed by atoms with Gasteiger partial charge in [-0.15, -0.1) is 0 Å². The van der Waals surface area contributed by atoms with Gasteiger partial charge in [0.25, 0.3) is 0 Å². The summed E-state index contributed by atoms with van der Waals surface area (Å²) in [4.78, 5) is 14.6. The van der Waals surface area contributed by atoms with E-state index in [9.17, 15) is 4.79 Å². The van der Waals surface area contributed by atoms with Crippen molar-refractivity contribution in [3.8, 4) is 11.5 Å². The van der Waals surface area contributed by atoms with Crippen LogP contribution in [0.2, 0.25) is 0 Å². The highest BCUT2D eigenvalue weighted by Gasteiger charge is 2.36. The fraction of sp³-hybridized carbons (Fsp3) is 0.375. The molecular weight excluding hydrogens is 350 g/mol. The van der Waals surface area contributed by atoms with Gasteiger partial charge < -0.3 is 14.4 Å². The Hall–Kier alpha value is -2.75. The second kappa shape index (κ2) is 7.01. The molecular formula is C24H27NO3. The highest BCUT2D eigenvalue weighted by molar-refractivity contribution is 5.88. The standard InChI is InChI=1S/C24H27NO3/c1-14-10-17-8-9-25-20(19(17)11-15(14)2)13-18-6-7-22(27-4)24(28-5)23(18)21(25)12-16(3)26/h6-7,10-11,13,21H,8-9,12H2,1-5H3. The lowest BCUT2D eigenvalue weighted by Crippen LogP contribution is -2.36. The molecule has 4 nitrogen and oxygen atoms in total. The smallest absolute Gasteiger partial charge is 0.166 e. The van der Waals surface area contributed by atoms with Gasteiger partial charge in [-0.25, -0.2) is 0 Å². The van der Waals surface area contributed by atoms with Crippen LogP contribution in [0.5, 0.6) is 11.5 Å². The van der Waals surface area contributed by atoms with E-state index in [4.69, 9.17) is 9.47 Å². The van der Waals surface area contributed by atoms with Gasteiger partial charge in [0.15, 0.2) is 11.5 Å². The van der Waals surface area contributed by atoms with Crippen LogP contribution in [0.1, 0.15) is 52.8 Å². The highest BCUT2D eigenvalue weighted by Crippen LogP contribution is 2.49. The summed E-state index contributed by atoms with van der Waals surface area (Å²) in [5.74, 6) is 1.61. The van der Waals surface area contributed by atoms with Gasteiger partial charge in [-0.05, 0) is 67.7 Å². The number of Topliss-reactive ketones (excluding diaryl/α,β-unsaturated/α-hetero) is 1. The lowest BCUT2D eigenvalue weighted by Gasteiger charge is -2.43. The summed E-state index contributed by atoms with van der Waals surface area (Å²) < 4.78 is 11.3. The van der Waals surface area contributed by atoms with Crippen LogP contribution in [0.4, 0.5) is 0 Å². The summed E-state index contributed by atoms with van der Waals surface area (Å²) in [5.41, 5.74) is 8.64. The number of ether oxygens (including phenoxy) is 2. The molecule has 0 saturated carbocycles. The predicted octanol–water partition coefficient (Wildman–Crippen LogP) is 4.71. The second-order valence-corrected chi connectivity index (χ2v) is 7.79. The van der Waals surface area contributed by atoms with Crippen LogP contribution in [-0.4, -0.2) is 31.4 Å². The summed E-state index contributed by atoms with van der Waals surface area (Å²) in [6.07, 6.45) is 3.67. The van der Waals surface area contributed by atoms with Crippen molar-refractivity contribution in [1.29, 1.82) is 0 Å². The Morgan fingerprint density at radius 2 is 1.89 bits per heavy atom. The Balaban J connectivity index is 1.96. The third-order valence-electron chi connectivity index (χ3n) is 6.03. The van der Waals surface area contributed by atoms with Gasteiger partial charge in [0.2, 0.25) is 0 Å². The van der Waals surface area contributed by atoms with Crippen molar-refractivity contribution < 1.29 is 14.3 Å². The molecule has 2 aliphatic rings. The van der Waals surface area contributed by atoms with E-state index in [-0.39, 0.29) is 11.8 Å². The van der Waals surface area contributed by atoms with Crippen molar-refractivity contribution in [2.24, 2.45) is 0 Å². The first-order chi connectivity index (χ1) is 13.4. The average molecular weight is 377 g/mol. The molecule has 0 N–H and O–H groups in total. The van der Waals surface area contributed by atoms with E-state index in [2.05, 4.69) is 43.0 Å². The molecule has 0 fully saturated rings. The summed E-state index contributed by atoms with van der Waals surface area (Å²) >= 11 is 0. The summed E-state index contributed by atoms with van der Waals surface area (Å²) in [6.45, 7) is 6.88. The second-order valence-electron chi connectivity index (χ2n) is 7.79. The molecule has 1 atom stereocenters. The van der Waals surface area contributed by atoms with Crippen LogP contribution in [0.3, 0.4) is 0 Å². The molecule has 2 aliphatic heterocycles. The maximum Gasteiger partial charge on any atom is 0.166 e. The SMILES string of the molecule is COc1ccc2c(c1OC)C(CC(C)=O)N1CCc3cc(C)c(C)cc3C1=C2. The molecule has 2 heterocycles. The molecule has 0 amide bonds. The molecule has 4 rings (SSSR count). The quantitative estimate of drug-likeness (QED) is 0.773. The molecule has 2 aromatic carbocycles. The third kappa shape index (κ3) is 2.88. The average Bonchev–Trinajstić information content (AvgIpc) is 2.67. The third-order valence-corrected chi connectivity index (χ3v) is 6.03. The van der Waals surface area contributed by atoms with Crippen molar-refractivity contribution >= 4 is 17.6 Å². The topological polar surface area (TPSA) is 38.8 Å². The Morgan fingerprint density at radius 1 is 1.14 bits per heavy atom. The first-order valence-electron chi connectivity index (χ1n) is 9.77. The van der Waals surface area contributed by atoms with Crippen molar-refractivity contribution in [3.05, 3.63) is 57.6 Å². The Bertz CT molecular complexity index is 990. The number of nitrogens with zero attached hydrogens (tertiary/aromatic N) is 1. The maximum atomic E-state index is 12.2. The minimum atomic E-state index is -0.0488. The molecule has 0 aliphatic carbocycles. The zero-order valence-electron chi connectivity index (χ0n) is 17.3. The van der Waals surface area contributed by atoms with Gasteiger partial charge in [-0.3, -0.25) is 4.79 Å². The molecule has 0 aromatic heterocycles. The first kappa shape index (κ1) is 18.6. The first-order valence-corrected chi connectivity index (χ1v) is 9.77. The zero-order valence-corrected chi connectivity index (χ0v) is 17.3. The van der Waals surface area contributed by atoms with Gasteiger partial charge in [-0.1, -0.05) is 12.1 Å². The van der Waals surface area contributed by atoms with E-state index in [1.807, 2.05) is 6.07 Å². The van der Waals surface area contributed by atoms with E-state index in [0.29, 0.717) is 12.2 Å². The molecule has 28 heavy (non-hydrogen) atoms. The number of hydrogen-bond acceptors (Lipinski definition) is 4. The predicted molar refractivity (Wildman–Crippen MR) is 112 cm³/mol. The molecule has 4 heteroatoms. The number of carbonyl (C=O) groups excluding carboxylic acids is 1. The number of carbonyl (C=O) groups is 1. The number of benzene rings is 2. The summed E-state index contributed by atoms with van der Waals surface area (Å²) in [6, 6.07) is 8.57. The van der Waals surface area contributed by atoms with Crippen molar-refractivity contribution in [2.45, 2.75) is 39.7 Å². The number of rotatable bonds is 4. The van der Waals surface area contributed by atoms with E-state index < -0.39 is 0 Å².